The van der Waals surface area contributed by atoms with Gasteiger partial charge >= 0.3 is 6.11 Å². The van der Waals surface area contributed by atoms with E-state index in [1.165, 1.54) is 0 Å². The van der Waals surface area contributed by atoms with E-state index in [2.05, 4.69) is 20.8 Å². The Bertz CT molecular complexity index is 353. The zero-order valence-electron chi connectivity index (χ0n) is 15.2. The first-order valence-electron chi connectivity index (χ1n) is 9.52. The Hall–Kier alpha value is -0.220. The number of alkyl halides is 2. The summed E-state index contributed by atoms with van der Waals surface area (Å²) < 4.78 is 40.4. The molecule has 2 fully saturated rings. The first-order chi connectivity index (χ1) is 10.8. The van der Waals surface area contributed by atoms with Crippen molar-refractivity contribution < 1.29 is 18.3 Å². The predicted molar refractivity (Wildman–Crippen MR) is 88.5 cm³/mol. The largest absolute Gasteiger partial charge is 0.378 e. The molecule has 0 N–H and O–H groups in total. The van der Waals surface area contributed by atoms with E-state index in [0.29, 0.717) is 25.2 Å². The third-order valence-electron chi connectivity index (χ3n) is 6.07. The van der Waals surface area contributed by atoms with Gasteiger partial charge in [-0.1, -0.05) is 40.5 Å². The van der Waals surface area contributed by atoms with Crippen LogP contribution in [0.5, 0.6) is 0 Å². The molecule has 2 rings (SSSR count). The summed E-state index contributed by atoms with van der Waals surface area (Å²) in [6.45, 7) is 9.14. The molecule has 2 nitrogen and oxygen atoms in total. The highest BCUT2D eigenvalue weighted by atomic mass is 19.3. The molecule has 0 bridgehead atoms. The molecular formula is C19H34F2O2. The molecule has 0 amide bonds. The normalized spacial score (nSPS) is 39.4. The predicted octanol–water partition coefficient (Wildman–Crippen LogP) is 5.65. The van der Waals surface area contributed by atoms with Crippen molar-refractivity contribution in [3.63, 3.8) is 0 Å². The molecule has 23 heavy (non-hydrogen) atoms. The van der Waals surface area contributed by atoms with E-state index in [-0.39, 0.29) is 24.0 Å². The van der Waals surface area contributed by atoms with Gasteiger partial charge in [-0.15, -0.1) is 0 Å². The Kier molecular flexibility index (Phi) is 6.85. The molecule has 0 aliphatic heterocycles. The van der Waals surface area contributed by atoms with E-state index in [1.807, 2.05) is 6.92 Å². The lowest BCUT2D eigenvalue weighted by atomic mass is 9.77. The van der Waals surface area contributed by atoms with E-state index in [9.17, 15) is 8.78 Å². The third kappa shape index (κ3) is 4.88. The first-order valence-corrected chi connectivity index (χ1v) is 9.52. The molecule has 4 heteroatoms. The second-order valence-corrected chi connectivity index (χ2v) is 7.88. The molecular weight excluding hydrogens is 298 g/mol. The van der Waals surface area contributed by atoms with Gasteiger partial charge < -0.3 is 9.47 Å². The van der Waals surface area contributed by atoms with Crippen LogP contribution in [0.1, 0.15) is 72.6 Å². The minimum atomic E-state index is -2.98. The van der Waals surface area contributed by atoms with Gasteiger partial charge in [-0.3, -0.25) is 0 Å². The monoisotopic (exact) mass is 332 g/mol. The lowest BCUT2D eigenvalue weighted by Crippen LogP contribution is -2.46. The van der Waals surface area contributed by atoms with Crippen LogP contribution in [0.3, 0.4) is 0 Å². The van der Waals surface area contributed by atoms with Crippen molar-refractivity contribution in [1.82, 2.24) is 0 Å². The zero-order valence-corrected chi connectivity index (χ0v) is 15.2. The van der Waals surface area contributed by atoms with Crippen LogP contribution < -0.4 is 0 Å². The maximum absolute atomic E-state index is 14.6. The van der Waals surface area contributed by atoms with Crippen molar-refractivity contribution in [3.05, 3.63) is 0 Å². The van der Waals surface area contributed by atoms with Crippen molar-refractivity contribution in [3.8, 4) is 0 Å². The molecule has 2 aliphatic rings. The number of ether oxygens (including phenoxy) is 2. The van der Waals surface area contributed by atoms with Gasteiger partial charge in [0.2, 0.25) is 0 Å². The van der Waals surface area contributed by atoms with Crippen LogP contribution in [0.4, 0.5) is 8.78 Å². The summed E-state index contributed by atoms with van der Waals surface area (Å²) in [7, 11) is 0. The Labute approximate surface area is 140 Å². The molecule has 0 heterocycles. The van der Waals surface area contributed by atoms with Crippen LogP contribution in [0.15, 0.2) is 0 Å². The summed E-state index contributed by atoms with van der Waals surface area (Å²) in [6, 6.07) is 0. The minimum Gasteiger partial charge on any atom is -0.378 e. The summed E-state index contributed by atoms with van der Waals surface area (Å²) in [4.78, 5) is 0. The second kappa shape index (κ2) is 8.24. The summed E-state index contributed by atoms with van der Waals surface area (Å²) >= 11 is 0. The maximum atomic E-state index is 14.6. The Morgan fingerprint density at radius 2 is 1.43 bits per heavy atom. The van der Waals surface area contributed by atoms with Crippen molar-refractivity contribution in [2.45, 2.75) is 91.0 Å². The number of halogens is 2. The van der Waals surface area contributed by atoms with Crippen LogP contribution in [0, 0.1) is 23.7 Å². The average molecular weight is 332 g/mol. The third-order valence-corrected chi connectivity index (χ3v) is 6.07. The van der Waals surface area contributed by atoms with Crippen LogP contribution >= 0.6 is 0 Å². The average Bonchev–Trinajstić information content (AvgIpc) is 2.51. The lowest BCUT2D eigenvalue weighted by molar-refractivity contribution is -0.312. The van der Waals surface area contributed by atoms with Crippen molar-refractivity contribution >= 4 is 0 Å². The van der Waals surface area contributed by atoms with E-state index in [0.717, 1.165) is 32.3 Å². The Morgan fingerprint density at radius 1 is 0.870 bits per heavy atom. The molecule has 0 aromatic carbocycles. The highest BCUT2D eigenvalue weighted by molar-refractivity contribution is 4.86. The highest BCUT2D eigenvalue weighted by Gasteiger charge is 2.46. The Morgan fingerprint density at radius 3 is 2.04 bits per heavy atom. The van der Waals surface area contributed by atoms with Gasteiger partial charge in [-0.25, -0.2) is 0 Å². The Balaban J connectivity index is 1.89. The summed E-state index contributed by atoms with van der Waals surface area (Å²) in [5, 5.41) is 0. The van der Waals surface area contributed by atoms with Gasteiger partial charge in [0, 0.05) is 6.61 Å². The van der Waals surface area contributed by atoms with Crippen LogP contribution in [-0.2, 0) is 9.47 Å². The van der Waals surface area contributed by atoms with Crippen molar-refractivity contribution in [1.29, 1.82) is 0 Å². The molecule has 0 aromatic rings. The second-order valence-electron chi connectivity index (χ2n) is 7.88. The van der Waals surface area contributed by atoms with Crippen molar-refractivity contribution in [2.24, 2.45) is 23.7 Å². The van der Waals surface area contributed by atoms with Gasteiger partial charge in [0.25, 0.3) is 0 Å². The standard InChI is InChI=1S/C19H34F2O2/c1-5-12-22-17-10-11-18(15(4)14(17)3)23-19(20,21)16-8-6-13(2)7-9-16/h13-18H,5-12H2,1-4H3. The molecule has 2 aliphatic carbocycles. The molecule has 4 unspecified atom stereocenters. The van der Waals surface area contributed by atoms with Gasteiger partial charge in [0.15, 0.2) is 0 Å². The smallest absolute Gasteiger partial charge is 0.358 e. The molecule has 0 saturated heterocycles. The van der Waals surface area contributed by atoms with Crippen molar-refractivity contribution in [2.75, 3.05) is 6.61 Å². The summed E-state index contributed by atoms with van der Waals surface area (Å²) in [5.41, 5.74) is 0. The fraction of sp³-hybridized carbons (Fsp3) is 1.00. The topological polar surface area (TPSA) is 18.5 Å². The fourth-order valence-corrected chi connectivity index (χ4v) is 4.10. The van der Waals surface area contributed by atoms with Crippen LogP contribution in [-0.4, -0.2) is 24.9 Å². The zero-order chi connectivity index (χ0) is 17.0. The lowest BCUT2D eigenvalue weighted by Gasteiger charge is -2.42. The first kappa shape index (κ1) is 19.1. The quantitative estimate of drug-likeness (QED) is 0.625. The van der Waals surface area contributed by atoms with E-state index in [1.54, 1.807) is 0 Å². The number of hydrogen-bond donors (Lipinski definition) is 0. The number of hydrogen-bond acceptors (Lipinski definition) is 2. The van der Waals surface area contributed by atoms with Gasteiger partial charge in [0.05, 0.1) is 18.1 Å². The molecule has 136 valence electrons. The van der Waals surface area contributed by atoms with Gasteiger partial charge in [-0.2, -0.15) is 8.78 Å². The molecule has 2 saturated carbocycles. The minimum absolute atomic E-state index is 0.110. The SMILES string of the molecule is CCCOC1CCC(OC(F)(F)C2CCC(C)CC2)C(C)C1C. The summed E-state index contributed by atoms with van der Waals surface area (Å²) in [6.07, 6.45) is 2.34. The summed E-state index contributed by atoms with van der Waals surface area (Å²) in [5.74, 6) is 0.351. The van der Waals surface area contributed by atoms with Gasteiger partial charge in [-0.05, 0) is 49.9 Å². The fourth-order valence-electron chi connectivity index (χ4n) is 4.10. The van der Waals surface area contributed by atoms with E-state index < -0.39 is 12.0 Å². The number of rotatable bonds is 6. The molecule has 0 radical (unpaired) electrons. The highest BCUT2D eigenvalue weighted by Crippen LogP contribution is 2.43. The van der Waals surface area contributed by atoms with E-state index >= 15 is 0 Å². The van der Waals surface area contributed by atoms with Gasteiger partial charge in [0.1, 0.15) is 0 Å². The van der Waals surface area contributed by atoms with Crippen LogP contribution in [0.25, 0.3) is 0 Å². The maximum Gasteiger partial charge on any atom is 0.358 e. The van der Waals surface area contributed by atoms with E-state index in [4.69, 9.17) is 9.47 Å². The molecule has 0 spiro atoms. The molecule has 0 aromatic heterocycles. The van der Waals surface area contributed by atoms with Crippen LogP contribution in [0.2, 0.25) is 0 Å². The molecule has 4 atom stereocenters.